The summed E-state index contributed by atoms with van der Waals surface area (Å²) in [7, 11) is 1.68. The largest absolute Gasteiger partial charge is 0.501 e. The van der Waals surface area contributed by atoms with Crippen LogP contribution in [0.15, 0.2) is 47.0 Å². The molecule has 0 aliphatic heterocycles. The molecule has 2 atom stereocenters. The van der Waals surface area contributed by atoms with E-state index in [9.17, 15) is 4.39 Å². The van der Waals surface area contributed by atoms with Gasteiger partial charge < -0.3 is 9.15 Å². The number of halogens is 1. The fourth-order valence-corrected chi connectivity index (χ4v) is 3.07. The molecule has 4 heteroatoms. The maximum Gasteiger partial charge on any atom is 0.180 e. The molecule has 0 spiro atoms. The lowest BCUT2D eigenvalue weighted by molar-refractivity contribution is 0.229. The Kier molecular flexibility index (Phi) is 4.27. The molecule has 116 valence electrons. The average molecular weight is 301 g/mol. The molecule has 1 heterocycles. The number of aryl methyl sites for hydroxylation is 1. The number of oxazole rings is 1. The minimum absolute atomic E-state index is 0.135. The molecule has 3 nitrogen and oxygen atoms in total. The lowest BCUT2D eigenvalue weighted by Gasteiger charge is -2.26. The van der Waals surface area contributed by atoms with Gasteiger partial charge in [-0.3, -0.25) is 0 Å². The fraction of sp³-hybridized carbons (Fsp3) is 0.389. The van der Waals surface area contributed by atoms with Crippen LogP contribution in [0.5, 0.6) is 0 Å². The molecule has 1 aliphatic carbocycles. The van der Waals surface area contributed by atoms with Crippen molar-refractivity contribution in [3.05, 3.63) is 65.3 Å². The molecule has 0 saturated heterocycles. The van der Waals surface area contributed by atoms with Crippen molar-refractivity contribution in [1.82, 2.24) is 4.98 Å². The van der Waals surface area contributed by atoms with Gasteiger partial charge in [0.25, 0.3) is 0 Å². The first-order valence-corrected chi connectivity index (χ1v) is 7.56. The summed E-state index contributed by atoms with van der Waals surface area (Å²) in [6.07, 6.45) is 8.14. The second kappa shape index (κ2) is 6.34. The predicted molar refractivity (Wildman–Crippen MR) is 81.9 cm³/mol. The van der Waals surface area contributed by atoms with Crippen LogP contribution >= 0.6 is 0 Å². The van der Waals surface area contributed by atoms with Crippen molar-refractivity contribution in [2.45, 2.75) is 32.1 Å². The normalized spacial score (nSPS) is 21.5. The third kappa shape index (κ3) is 3.06. The maximum atomic E-state index is 13.7. The molecular weight excluding hydrogens is 281 g/mol. The Morgan fingerprint density at radius 1 is 1.36 bits per heavy atom. The van der Waals surface area contributed by atoms with Crippen LogP contribution in [0.4, 0.5) is 4.39 Å². The van der Waals surface area contributed by atoms with Crippen LogP contribution in [0.2, 0.25) is 0 Å². The molecule has 3 rings (SSSR count). The van der Waals surface area contributed by atoms with E-state index in [0.717, 1.165) is 36.3 Å². The van der Waals surface area contributed by atoms with Crippen molar-refractivity contribution in [2.75, 3.05) is 7.11 Å². The Morgan fingerprint density at radius 2 is 2.23 bits per heavy atom. The molecule has 2 unspecified atom stereocenters. The van der Waals surface area contributed by atoms with Crippen molar-refractivity contribution in [3.8, 4) is 0 Å². The van der Waals surface area contributed by atoms with Crippen LogP contribution in [-0.2, 0) is 11.2 Å². The summed E-state index contributed by atoms with van der Waals surface area (Å²) < 4.78 is 24.6. The summed E-state index contributed by atoms with van der Waals surface area (Å²) in [6.45, 7) is 1.78. The second-order valence-corrected chi connectivity index (χ2v) is 5.85. The first kappa shape index (κ1) is 14.8. The molecule has 0 N–H and O–H groups in total. The molecular formula is C18H20FNO2. The van der Waals surface area contributed by atoms with Gasteiger partial charge in [-0.2, -0.15) is 0 Å². The van der Waals surface area contributed by atoms with Crippen molar-refractivity contribution < 1.29 is 13.5 Å². The second-order valence-electron chi connectivity index (χ2n) is 5.85. The SMILES string of the molecule is COC1=CC(Cc2ccc(C)c(F)c2)CCC1c1cnco1. The van der Waals surface area contributed by atoms with E-state index in [1.807, 2.05) is 12.1 Å². The molecule has 0 radical (unpaired) electrons. The summed E-state index contributed by atoms with van der Waals surface area (Å²) in [6, 6.07) is 5.48. The lowest BCUT2D eigenvalue weighted by Crippen LogP contribution is -2.15. The molecule has 0 saturated carbocycles. The zero-order valence-corrected chi connectivity index (χ0v) is 12.9. The zero-order chi connectivity index (χ0) is 15.5. The van der Waals surface area contributed by atoms with Gasteiger partial charge in [-0.1, -0.05) is 12.1 Å². The van der Waals surface area contributed by atoms with Gasteiger partial charge in [0, 0.05) is 0 Å². The number of hydrogen-bond acceptors (Lipinski definition) is 3. The molecule has 22 heavy (non-hydrogen) atoms. The van der Waals surface area contributed by atoms with E-state index in [1.54, 1.807) is 26.3 Å². The maximum absolute atomic E-state index is 13.7. The Labute approximate surface area is 129 Å². The van der Waals surface area contributed by atoms with Crippen LogP contribution in [0.25, 0.3) is 0 Å². The Balaban J connectivity index is 1.76. The monoisotopic (exact) mass is 301 g/mol. The number of ether oxygens (including phenoxy) is 1. The van der Waals surface area contributed by atoms with E-state index >= 15 is 0 Å². The molecule has 1 aliphatic rings. The Morgan fingerprint density at radius 3 is 2.91 bits per heavy atom. The number of aromatic nitrogens is 1. The Bertz CT molecular complexity index is 664. The van der Waals surface area contributed by atoms with Crippen molar-refractivity contribution in [1.29, 1.82) is 0 Å². The highest BCUT2D eigenvalue weighted by atomic mass is 19.1. The smallest absolute Gasteiger partial charge is 0.180 e. The highest BCUT2D eigenvalue weighted by Gasteiger charge is 2.27. The number of allylic oxidation sites excluding steroid dienone is 2. The number of hydrogen-bond donors (Lipinski definition) is 0. The van der Waals surface area contributed by atoms with Gasteiger partial charge in [-0.25, -0.2) is 9.37 Å². The summed E-state index contributed by atoms with van der Waals surface area (Å²) in [5.41, 5.74) is 1.71. The summed E-state index contributed by atoms with van der Waals surface area (Å²) in [4.78, 5) is 3.98. The number of methoxy groups -OCH3 is 1. The first-order chi connectivity index (χ1) is 10.7. The Hall–Kier alpha value is -2.10. The van der Waals surface area contributed by atoms with Gasteiger partial charge in [-0.05, 0) is 55.4 Å². The summed E-state index contributed by atoms with van der Waals surface area (Å²) >= 11 is 0. The average Bonchev–Trinajstić information content (AvgIpc) is 3.05. The molecule has 0 fully saturated rings. The van der Waals surface area contributed by atoms with Crippen molar-refractivity contribution >= 4 is 0 Å². The van der Waals surface area contributed by atoms with Crippen molar-refractivity contribution in [2.24, 2.45) is 5.92 Å². The van der Waals surface area contributed by atoms with E-state index in [0.29, 0.717) is 11.5 Å². The van der Waals surface area contributed by atoms with E-state index in [1.165, 1.54) is 6.39 Å². The standard InChI is InChI=1S/C18H20FNO2/c1-12-3-4-13(8-16(12)19)7-14-5-6-15(17(9-14)21-2)18-10-20-11-22-18/h3-4,8-11,14-15H,5-7H2,1-2H3. The molecule has 1 aromatic heterocycles. The lowest BCUT2D eigenvalue weighted by atomic mass is 9.82. The van der Waals surface area contributed by atoms with Crippen LogP contribution in [0, 0.1) is 18.7 Å². The van der Waals surface area contributed by atoms with E-state index < -0.39 is 0 Å². The number of benzene rings is 1. The first-order valence-electron chi connectivity index (χ1n) is 7.56. The highest BCUT2D eigenvalue weighted by molar-refractivity contribution is 5.26. The third-order valence-corrected chi connectivity index (χ3v) is 4.33. The van der Waals surface area contributed by atoms with Gasteiger partial charge in [0.2, 0.25) is 0 Å². The van der Waals surface area contributed by atoms with E-state index in [-0.39, 0.29) is 11.7 Å². The minimum atomic E-state index is -0.135. The van der Waals surface area contributed by atoms with Gasteiger partial charge in [0.1, 0.15) is 17.3 Å². The van der Waals surface area contributed by atoms with E-state index in [2.05, 4.69) is 11.1 Å². The van der Waals surface area contributed by atoms with Gasteiger partial charge in [-0.15, -0.1) is 0 Å². The summed E-state index contributed by atoms with van der Waals surface area (Å²) in [5.74, 6) is 2.12. The minimum Gasteiger partial charge on any atom is -0.501 e. The van der Waals surface area contributed by atoms with Gasteiger partial charge in [0.05, 0.1) is 19.2 Å². The molecule has 1 aromatic carbocycles. The molecule has 0 amide bonds. The third-order valence-electron chi connectivity index (χ3n) is 4.33. The topological polar surface area (TPSA) is 35.3 Å². The van der Waals surface area contributed by atoms with Gasteiger partial charge in [0.15, 0.2) is 6.39 Å². The predicted octanol–water partition coefficient (Wildman–Crippen LogP) is 4.39. The molecule has 2 aromatic rings. The number of nitrogens with zero attached hydrogens (tertiary/aromatic N) is 1. The molecule has 0 bridgehead atoms. The fourth-order valence-electron chi connectivity index (χ4n) is 3.07. The van der Waals surface area contributed by atoms with Crippen LogP contribution < -0.4 is 0 Å². The zero-order valence-electron chi connectivity index (χ0n) is 12.9. The van der Waals surface area contributed by atoms with E-state index in [4.69, 9.17) is 9.15 Å². The van der Waals surface area contributed by atoms with Crippen LogP contribution in [0.1, 0.15) is 35.6 Å². The highest BCUT2D eigenvalue weighted by Crippen LogP contribution is 2.37. The van der Waals surface area contributed by atoms with Crippen molar-refractivity contribution in [3.63, 3.8) is 0 Å². The quantitative estimate of drug-likeness (QED) is 0.840. The van der Waals surface area contributed by atoms with Crippen LogP contribution in [-0.4, -0.2) is 12.1 Å². The summed E-state index contributed by atoms with van der Waals surface area (Å²) in [5, 5.41) is 0. The number of rotatable bonds is 4. The van der Waals surface area contributed by atoms with Crippen LogP contribution in [0.3, 0.4) is 0 Å². The van der Waals surface area contributed by atoms with Gasteiger partial charge >= 0.3 is 0 Å².